The first-order valence-electron chi connectivity index (χ1n) is 5.87. The molecule has 0 saturated carbocycles. The standard InChI is InChI=1S/C13H15NO7/c1-20-9-5-3-4-7(11(9)16)12(17)14-8(13(18)19)6-10(15)21-2/h3-5,8,16H,6H2,1-2H3,(H,14,17)(H,18,19)/t8-/m0/s1. The maximum Gasteiger partial charge on any atom is 0.326 e. The van der Waals surface area contributed by atoms with Gasteiger partial charge in [-0.15, -0.1) is 0 Å². The Bertz CT molecular complexity index is 555. The van der Waals surface area contributed by atoms with E-state index in [2.05, 4.69) is 10.1 Å². The molecular weight excluding hydrogens is 282 g/mol. The van der Waals surface area contributed by atoms with E-state index in [4.69, 9.17) is 9.84 Å². The second-order valence-electron chi connectivity index (χ2n) is 4.00. The van der Waals surface area contributed by atoms with E-state index in [1.165, 1.54) is 25.3 Å². The fraction of sp³-hybridized carbons (Fsp3) is 0.308. The number of amides is 1. The van der Waals surface area contributed by atoms with Crippen molar-refractivity contribution < 1.29 is 34.1 Å². The predicted molar refractivity (Wildman–Crippen MR) is 70.2 cm³/mol. The number of phenolic OH excluding ortho intramolecular Hbond substituents is 1. The maximum atomic E-state index is 12.0. The average Bonchev–Trinajstić information content (AvgIpc) is 2.46. The van der Waals surface area contributed by atoms with E-state index in [1.807, 2.05) is 0 Å². The molecule has 0 bridgehead atoms. The fourth-order valence-electron chi connectivity index (χ4n) is 1.56. The summed E-state index contributed by atoms with van der Waals surface area (Å²) in [6, 6.07) is 2.73. The van der Waals surface area contributed by atoms with Gasteiger partial charge in [-0.1, -0.05) is 6.07 Å². The molecule has 0 aliphatic heterocycles. The summed E-state index contributed by atoms with van der Waals surface area (Å²) in [7, 11) is 2.42. The molecule has 0 unspecified atom stereocenters. The quantitative estimate of drug-likeness (QED) is 0.638. The van der Waals surface area contributed by atoms with Crippen LogP contribution in [0.3, 0.4) is 0 Å². The van der Waals surface area contributed by atoms with Crippen molar-refractivity contribution in [3.63, 3.8) is 0 Å². The minimum absolute atomic E-state index is 0.0718. The molecule has 1 atom stereocenters. The molecule has 8 nitrogen and oxygen atoms in total. The molecule has 0 aliphatic rings. The highest BCUT2D eigenvalue weighted by Crippen LogP contribution is 2.29. The molecule has 0 spiro atoms. The van der Waals surface area contributed by atoms with Gasteiger partial charge in [0.2, 0.25) is 0 Å². The van der Waals surface area contributed by atoms with Gasteiger partial charge in [0.25, 0.3) is 5.91 Å². The Balaban J connectivity index is 2.92. The predicted octanol–water partition coefficient (Wildman–Crippen LogP) is 0.147. The number of methoxy groups -OCH3 is 2. The van der Waals surface area contributed by atoms with Gasteiger partial charge in [-0.05, 0) is 12.1 Å². The van der Waals surface area contributed by atoms with Crippen LogP contribution in [0.4, 0.5) is 0 Å². The molecule has 1 aromatic carbocycles. The van der Waals surface area contributed by atoms with Gasteiger partial charge in [-0.25, -0.2) is 4.79 Å². The highest BCUT2D eigenvalue weighted by Gasteiger charge is 2.25. The zero-order valence-corrected chi connectivity index (χ0v) is 11.5. The summed E-state index contributed by atoms with van der Waals surface area (Å²) in [6.45, 7) is 0. The first-order chi connectivity index (χ1) is 9.90. The van der Waals surface area contributed by atoms with Gasteiger partial charge in [0.15, 0.2) is 11.5 Å². The molecule has 1 aromatic rings. The van der Waals surface area contributed by atoms with Gasteiger partial charge in [0.1, 0.15) is 6.04 Å². The summed E-state index contributed by atoms with van der Waals surface area (Å²) in [4.78, 5) is 34.1. The van der Waals surface area contributed by atoms with Crippen LogP contribution in [0, 0.1) is 0 Å². The highest BCUT2D eigenvalue weighted by atomic mass is 16.5. The van der Waals surface area contributed by atoms with Crippen LogP contribution in [0.5, 0.6) is 11.5 Å². The number of carbonyl (C=O) groups excluding carboxylic acids is 2. The van der Waals surface area contributed by atoms with Crippen LogP contribution in [-0.4, -0.2) is 48.3 Å². The van der Waals surface area contributed by atoms with Gasteiger partial charge < -0.3 is 25.0 Å². The van der Waals surface area contributed by atoms with Crippen LogP contribution >= 0.6 is 0 Å². The maximum absolute atomic E-state index is 12.0. The van der Waals surface area contributed by atoms with Gasteiger partial charge in [-0.3, -0.25) is 9.59 Å². The number of ether oxygens (including phenoxy) is 2. The minimum atomic E-state index is -1.46. The number of aliphatic carboxylic acids is 1. The number of rotatable bonds is 6. The number of esters is 1. The number of para-hydroxylation sites is 1. The van der Waals surface area contributed by atoms with Crippen molar-refractivity contribution in [3.8, 4) is 11.5 Å². The Morgan fingerprint density at radius 2 is 1.95 bits per heavy atom. The van der Waals surface area contributed by atoms with Crippen molar-refractivity contribution in [1.82, 2.24) is 5.32 Å². The Labute approximate surface area is 120 Å². The van der Waals surface area contributed by atoms with Crippen molar-refractivity contribution in [1.29, 1.82) is 0 Å². The third-order valence-corrected chi connectivity index (χ3v) is 2.67. The lowest BCUT2D eigenvalue weighted by molar-refractivity contribution is -0.147. The number of phenols is 1. The number of benzene rings is 1. The van der Waals surface area contributed by atoms with Crippen molar-refractivity contribution in [2.24, 2.45) is 0 Å². The van der Waals surface area contributed by atoms with Crippen molar-refractivity contribution in [3.05, 3.63) is 23.8 Å². The summed E-state index contributed by atoms with van der Waals surface area (Å²) in [5, 5.41) is 20.9. The topological polar surface area (TPSA) is 122 Å². The third kappa shape index (κ3) is 4.10. The molecular formula is C13H15NO7. The van der Waals surface area contributed by atoms with Crippen molar-refractivity contribution in [2.75, 3.05) is 14.2 Å². The largest absolute Gasteiger partial charge is 0.504 e. The van der Waals surface area contributed by atoms with Gasteiger partial charge >= 0.3 is 11.9 Å². The van der Waals surface area contributed by atoms with E-state index in [9.17, 15) is 19.5 Å². The van der Waals surface area contributed by atoms with E-state index in [-0.39, 0.29) is 11.3 Å². The summed E-state index contributed by atoms with van der Waals surface area (Å²) in [5.74, 6) is -3.36. The first-order valence-corrected chi connectivity index (χ1v) is 5.87. The Hall–Kier alpha value is -2.77. The lowest BCUT2D eigenvalue weighted by Gasteiger charge is -2.14. The van der Waals surface area contributed by atoms with E-state index in [0.717, 1.165) is 7.11 Å². The Morgan fingerprint density at radius 3 is 2.48 bits per heavy atom. The molecule has 0 heterocycles. The molecule has 0 radical (unpaired) electrons. The fourth-order valence-corrected chi connectivity index (χ4v) is 1.56. The lowest BCUT2D eigenvalue weighted by Crippen LogP contribution is -2.42. The summed E-state index contributed by atoms with van der Waals surface area (Å²) in [6.07, 6.45) is -0.525. The number of carboxylic acids is 1. The molecule has 21 heavy (non-hydrogen) atoms. The Kier molecular flexibility index (Phi) is 5.53. The molecule has 114 valence electrons. The van der Waals surface area contributed by atoms with Crippen molar-refractivity contribution >= 4 is 17.8 Å². The number of aromatic hydroxyl groups is 1. The highest BCUT2D eigenvalue weighted by molar-refractivity contribution is 6.00. The molecule has 0 saturated heterocycles. The van der Waals surface area contributed by atoms with Gasteiger partial charge in [0.05, 0.1) is 26.2 Å². The van der Waals surface area contributed by atoms with Crippen LogP contribution in [0.15, 0.2) is 18.2 Å². The van der Waals surface area contributed by atoms with Crippen LogP contribution < -0.4 is 10.1 Å². The van der Waals surface area contributed by atoms with E-state index < -0.39 is 36.1 Å². The zero-order chi connectivity index (χ0) is 16.0. The molecule has 1 rings (SSSR count). The lowest BCUT2D eigenvalue weighted by atomic mass is 10.1. The van der Waals surface area contributed by atoms with Crippen LogP contribution in [0.2, 0.25) is 0 Å². The number of hydrogen-bond acceptors (Lipinski definition) is 6. The molecule has 8 heteroatoms. The monoisotopic (exact) mass is 297 g/mol. The molecule has 0 fully saturated rings. The smallest absolute Gasteiger partial charge is 0.326 e. The summed E-state index contributed by atoms with van der Waals surface area (Å²) < 4.78 is 9.21. The summed E-state index contributed by atoms with van der Waals surface area (Å²) in [5.41, 5.74) is -0.162. The zero-order valence-electron chi connectivity index (χ0n) is 11.5. The number of carbonyl (C=O) groups is 3. The molecule has 0 aromatic heterocycles. The van der Waals surface area contributed by atoms with Crippen LogP contribution in [0.25, 0.3) is 0 Å². The van der Waals surface area contributed by atoms with Crippen LogP contribution in [0.1, 0.15) is 16.8 Å². The van der Waals surface area contributed by atoms with E-state index in [1.54, 1.807) is 0 Å². The molecule has 0 aliphatic carbocycles. The van der Waals surface area contributed by atoms with Gasteiger partial charge in [-0.2, -0.15) is 0 Å². The normalized spacial score (nSPS) is 11.3. The molecule has 1 amide bonds. The van der Waals surface area contributed by atoms with Gasteiger partial charge in [0, 0.05) is 0 Å². The Morgan fingerprint density at radius 1 is 1.29 bits per heavy atom. The first kappa shape index (κ1) is 16.3. The number of nitrogens with one attached hydrogen (secondary N) is 1. The van der Waals surface area contributed by atoms with Crippen LogP contribution in [-0.2, 0) is 14.3 Å². The number of hydrogen-bond donors (Lipinski definition) is 3. The molecule has 3 N–H and O–H groups in total. The second kappa shape index (κ2) is 7.13. The second-order valence-corrected chi connectivity index (χ2v) is 4.00. The average molecular weight is 297 g/mol. The SMILES string of the molecule is COC(=O)C[C@H](NC(=O)c1cccc(OC)c1O)C(=O)O. The van der Waals surface area contributed by atoms with E-state index in [0.29, 0.717) is 0 Å². The third-order valence-electron chi connectivity index (χ3n) is 2.67. The van der Waals surface area contributed by atoms with E-state index >= 15 is 0 Å². The minimum Gasteiger partial charge on any atom is -0.504 e. The number of carboxylic acid groups (broad SMARTS) is 1. The van der Waals surface area contributed by atoms with Crippen molar-refractivity contribution in [2.45, 2.75) is 12.5 Å². The summed E-state index contributed by atoms with van der Waals surface area (Å²) >= 11 is 0.